The van der Waals surface area contributed by atoms with Crippen LogP contribution in [0.15, 0.2) is 35.0 Å². The lowest BCUT2D eigenvalue weighted by Gasteiger charge is -2.16. The average molecular weight is 268 g/mol. The van der Waals surface area contributed by atoms with Gasteiger partial charge in [-0.2, -0.15) is 11.3 Å². The van der Waals surface area contributed by atoms with Gasteiger partial charge in [0.2, 0.25) is 0 Å². The van der Waals surface area contributed by atoms with Crippen molar-refractivity contribution < 1.29 is 5.11 Å². The Bertz CT molecular complexity index is 484. The van der Waals surface area contributed by atoms with Crippen molar-refractivity contribution in [1.82, 2.24) is 0 Å². The monoisotopic (exact) mass is 267 g/mol. The van der Waals surface area contributed by atoms with E-state index in [9.17, 15) is 0 Å². The normalized spacial score (nSPS) is 12.4. The van der Waals surface area contributed by atoms with Crippen LogP contribution in [0.25, 0.3) is 0 Å². The van der Waals surface area contributed by atoms with Gasteiger partial charge < -0.3 is 10.4 Å². The van der Waals surface area contributed by atoms with Gasteiger partial charge in [-0.3, -0.25) is 0 Å². The van der Waals surface area contributed by atoms with E-state index < -0.39 is 0 Å². The summed E-state index contributed by atoms with van der Waals surface area (Å²) in [7, 11) is 0. The van der Waals surface area contributed by atoms with Crippen LogP contribution in [-0.2, 0) is 6.61 Å². The van der Waals surface area contributed by atoms with Crippen LogP contribution in [0.3, 0.4) is 0 Å². The highest BCUT2D eigenvalue weighted by molar-refractivity contribution is 7.07. The van der Waals surface area contributed by atoms with Crippen molar-refractivity contribution in [3.05, 3.63) is 51.2 Å². The molecule has 0 saturated carbocycles. The van der Waals surface area contributed by atoms with E-state index in [0.29, 0.717) is 5.02 Å². The summed E-state index contributed by atoms with van der Waals surface area (Å²) in [6.45, 7) is 2.11. The molecule has 4 heteroatoms. The number of aliphatic hydroxyl groups is 1. The molecule has 0 bridgehead atoms. The minimum Gasteiger partial charge on any atom is -0.392 e. The Morgan fingerprint density at radius 2 is 2.24 bits per heavy atom. The topological polar surface area (TPSA) is 32.3 Å². The standard InChI is InChI=1S/C13H14ClNOS/c1-9(11-4-5-17-8-11)15-13-6-10(7-16)2-3-12(13)14/h2-6,8-9,15-16H,7H2,1H3. The zero-order chi connectivity index (χ0) is 12.3. The lowest BCUT2D eigenvalue weighted by Crippen LogP contribution is -2.06. The zero-order valence-electron chi connectivity index (χ0n) is 9.48. The second-order valence-electron chi connectivity index (χ2n) is 3.90. The van der Waals surface area contributed by atoms with E-state index in [1.54, 1.807) is 17.4 Å². The minimum absolute atomic E-state index is 0.0265. The third-order valence-electron chi connectivity index (χ3n) is 2.63. The second-order valence-corrected chi connectivity index (χ2v) is 5.08. The van der Waals surface area contributed by atoms with Crippen LogP contribution in [0.4, 0.5) is 5.69 Å². The molecular weight excluding hydrogens is 254 g/mol. The van der Waals surface area contributed by atoms with Gasteiger partial charge in [-0.15, -0.1) is 0 Å². The molecule has 2 N–H and O–H groups in total. The Hall–Kier alpha value is -1.03. The first-order valence-corrected chi connectivity index (χ1v) is 6.70. The van der Waals surface area contributed by atoms with Gasteiger partial charge in [-0.05, 0) is 47.0 Å². The Balaban J connectivity index is 2.18. The van der Waals surface area contributed by atoms with Gasteiger partial charge in [0.1, 0.15) is 0 Å². The van der Waals surface area contributed by atoms with Crippen LogP contribution in [0.1, 0.15) is 24.1 Å². The van der Waals surface area contributed by atoms with Crippen LogP contribution in [0, 0.1) is 0 Å². The van der Waals surface area contributed by atoms with Crippen molar-refractivity contribution in [2.75, 3.05) is 5.32 Å². The second kappa shape index (κ2) is 5.54. The molecule has 1 aromatic carbocycles. The highest BCUT2D eigenvalue weighted by atomic mass is 35.5. The summed E-state index contributed by atoms with van der Waals surface area (Å²) in [5.74, 6) is 0. The molecule has 0 aliphatic heterocycles. The van der Waals surface area contributed by atoms with Crippen molar-refractivity contribution in [2.24, 2.45) is 0 Å². The quantitative estimate of drug-likeness (QED) is 0.875. The van der Waals surface area contributed by atoms with Crippen molar-refractivity contribution in [1.29, 1.82) is 0 Å². The Morgan fingerprint density at radius 1 is 1.41 bits per heavy atom. The maximum Gasteiger partial charge on any atom is 0.0682 e. The van der Waals surface area contributed by atoms with Gasteiger partial charge in [-0.1, -0.05) is 17.7 Å². The number of thiophene rings is 1. The van der Waals surface area contributed by atoms with E-state index in [0.717, 1.165) is 11.3 Å². The molecule has 2 nitrogen and oxygen atoms in total. The molecule has 0 amide bonds. The number of benzene rings is 1. The Morgan fingerprint density at radius 3 is 2.88 bits per heavy atom. The van der Waals surface area contributed by atoms with Crippen molar-refractivity contribution >= 4 is 28.6 Å². The third kappa shape index (κ3) is 3.00. The summed E-state index contributed by atoms with van der Waals surface area (Å²) < 4.78 is 0. The molecule has 1 atom stereocenters. The number of halogens is 1. The molecule has 0 saturated heterocycles. The summed E-state index contributed by atoms with van der Waals surface area (Å²) in [5.41, 5.74) is 2.95. The van der Waals surface area contributed by atoms with Crippen LogP contribution < -0.4 is 5.32 Å². The molecule has 0 fully saturated rings. The lowest BCUT2D eigenvalue weighted by atomic mass is 10.1. The fourth-order valence-electron chi connectivity index (χ4n) is 1.62. The number of hydrogen-bond donors (Lipinski definition) is 2. The van der Waals surface area contributed by atoms with E-state index >= 15 is 0 Å². The van der Waals surface area contributed by atoms with Crippen molar-refractivity contribution in [3.8, 4) is 0 Å². The molecule has 90 valence electrons. The van der Waals surface area contributed by atoms with Crippen molar-refractivity contribution in [3.63, 3.8) is 0 Å². The molecule has 1 heterocycles. The van der Waals surface area contributed by atoms with Gasteiger partial charge in [0.05, 0.1) is 17.3 Å². The zero-order valence-corrected chi connectivity index (χ0v) is 11.1. The molecule has 1 unspecified atom stereocenters. The molecule has 17 heavy (non-hydrogen) atoms. The molecule has 0 radical (unpaired) electrons. The van der Waals surface area contributed by atoms with E-state index in [1.807, 2.05) is 12.1 Å². The third-order valence-corrected chi connectivity index (χ3v) is 3.66. The van der Waals surface area contributed by atoms with Gasteiger partial charge in [0, 0.05) is 6.04 Å². The van der Waals surface area contributed by atoms with E-state index in [-0.39, 0.29) is 12.6 Å². The molecule has 0 aliphatic carbocycles. The summed E-state index contributed by atoms with van der Waals surface area (Å²) in [6.07, 6.45) is 0. The highest BCUT2D eigenvalue weighted by Gasteiger charge is 2.08. The summed E-state index contributed by atoms with van der Waals surface area (Å²) in [5, 5.41) is 17.3. The SMILES string of the molecule is CC(Nc1cc(CO)ccc1Cl)c1ccsc1. The number of anilines is 1. The fraction of sp³-hybridized carbons (Fsp3) is 0.231. The largest absolute Gasteiger partial charge is 0.392 e. The van der Waals surface area contributed by atoms with E-state index in [2.05, 4.69) is 29.1 Å². The maximum absolute atomic E-state index is 9.10. The Kier molecular flexibility index (Phi) is 4.05. The van der Waals surface area contributed by atoms with Crippen LogP contribution in [0.5, 0.6) is 0 Å². The fourth-order valence-corrected chi connectivity index (χ4v) is 2.55. The average Bonchev–Trinajstić information content (AvgIpc) is 2.85. The maximum atomic E-state index is 9.10. The predicted octanol–water partition coefficient (Wildman–Crippen LogP) is 4.07. The first kappa shape index (κ1) is 12.4. The van der Waals surface area contributed by atoms with E-state index in [1.165, 1.54) is 5.56 Å². The van der Waals surface area contributed by atoms with Crippen LogP contribution in [0.2, 0.25) is 5.02 Å². The summed E-state index contributed by atoms with van der Waals surface area (Å²) in [4.78, 5) is 0. The summed E-state index contributed by atoms with van der Waals surface area (Å²) in [6, 6.07) is 7.79. The first-order chi connectivity index (χ1) is 8.20. The molecule has 0 aliphatic rings. The van der Waals surface area contributed by atoms with Gasteiger partial charge in [0.15, 0.2) is 0 Å². The molecule has 2 rings (SSSR count). The van der Waals surface area contributed by atoms with Gasteiger partial charge >= 0.3 is 0 Å². The van der Waals surface area contributed by atoms with Crippen molar-refractivity contribution in [2.45, 2.75) is 19.6 Å². The molecular formula is C13H14ClNOS. The number of hydrogen-bond acceptors (Lipinski definition) is 3. The molecule has 0 spiro atoms. The number of rotatable bonds is 4. The van der Waals surface area contributed by atoms with Crippen LogP contribution >= 0.6 is 22.9 Å². The smallest absolute Gasteiger partial charge is 0.0682 e. The van der Waals surface area contributed by atoms with E-state index in [4.69, 9.17) is 16.7 Å². The predicted molar refractivity (Wildman–Crippen MR) is 73.7 cm³/mol. The number of aliphatic hydroxyl groups excluding tert-OH is 1. The lowest BCUT2D eigenvalue weighted by molar-refractivity contribution is 0.282. The summed E-state index contributed by atoms with van der Waals surface area (Å²) >= 11 is 7.79. The number of nitrogens with one attached hydrogen (secondary N) is 1. The molecule has 2 aromatic rings. The molecule has 1 aromatic heterocycles. The Labute approximate surface area is 110 Å². The minimum atomic E-state index is 0.0265. The van der Waals surface area contributed by atoms with Crippen LogP contribution in [-0.4, -0.2) is 5.11 Å². The highest BCUT2D eigenvalue weighted by Crippen LogP contribution is 2.28. The first-order valence-electron chi connectivity index (χ1n) is 5.38. The van der Waals surface area contributed by atoms with Gasteiger partial charge in [-0.25, -0.2) is 0 Å². The van der Waals surface area contributed by atoms with Gasteiger partial charge in [0.25, 0.3) is 0 Å².